The SMILES string of the molecule is Cc1cccc(Cc2cc(C)nc([C@H]3CCCN(C(=O)c4cccnc4)C3)c2)c1. The third-order valence-electron chi connectivity index (χ3n) is 5.56. The van der Waals surface area contributed by atoms with Crippen molar-refractivity contribution in [1.29, 1.82) is 0 Å². The number of amides is 1. The molecule has 0 unspecified atom stereocenters. The predicted octanol–water partition coefficient (Wildman–Crippen LogP) is 4.70. The van der Waals surface area contributed by atoms with Crippen molar-refractivity contribution in [1.82, 2.24) is 14.9 Å². The summed E-state index contributed by atoms with van der Waals surface area (Å²) >= 11 is 0. The van der Waals surface area contributed by atoms with Crippen molar-refractivity contribution in [2.24, 2.45) is 0 Å². The van der Waals surface area contributed by atoms with Crippen molar-refractivity contribution in [3.8, 4) is 0 Å². The van der Waals surface area contributed by atoms with E-state index >= 15 is 0 Å². The molecule has 1 atom stereocenters. The van der Waals surface area contributed by atoms with Gasteiger partial charge < -0.3 is 4.90 Å². The van der Waals surface area contributed by atoms with Crippen molar-refractivity contribution in [2.75, 3.05) is 13.1 Å². The quantitative estimate of drug-likeness (QED) is 0.654. The highest BCUT2D eigenvalue weighted by Gasteiger charge is 2.26. The Morgan fingerprint density at radius 3 is 2.79 bits per heavy atom. The fourth-order valence-electron chi connectivity index (χ4n) is 4.21. The highest BCUT2D eigenvalue weighted by Crippen LogP contribution is 2.28. The Balaban J connectivity index is 1.53. The molecule has 0 saturated carbocycles. The molecule has 2 aromatic heterocycles. The van der Waals surface area contributed by atoms with E-state index in [0.717, 1.165) is 37.2 Å². The number of aromatic nitrogens is 2. The average Bonchev–Trinajstić information content (AvgIpc) is 2.73. The molecule has 1 amide bonds. The lowest BCUT2D eigenvalue weighted by molar-refractivity contribution is 0.0705. The largest absolute Gasteiger partial charge is 0.338 e. The zero-order chi connectivity index (χ0) is 20.2. The summed E-state index contributed by atoms with van der Waals surface area (Å²) in [6.45, 7) is 5.70. The van der Waals surface area contributed by atoms with Gasteiger partial charge in [-0.15, -0.1) is 0 Å². The predicted molar refractivity (Wildman–Crippen MR) is 115 cm³/mol. The standard InChI is InChI=1S/C25H27N3O/c1-18-6-3-7-20(12-18)14-21-13-19(2)27-24(15-21)23-9-5-11-28(17-23)25(29)22-8-4-10-26-16-22/h3-4,6-8,10,12-13,15-16,23H,5,9,11,14,17H2,1-2H3/t23-/m0/s1. The van der Waals surface area contributed by atoms with Gasteiger partial charge in [0, 0.05) is 42.8 Å². The van der Waals surface area contributed by atoms with Crippen LogP contribution in [0.2, 0.25) is 0 Å². The minimum atomic E-state index is 0.0652. The van der Waals surface area contributed by atoms with E-state index in [9.17, 15) is 4.79 Å². The van der Waals surface area contributed by atoms with Gasteiger partial charge in [-0.3, -0.25) is 14.8 Å². The first-order valence-corrected chi connectivity index (χ1v) is 10.3. The van der Waals surface area contributed by atoms with Gasteiger partial charge in [0.25, 0.3) is 5.91 Å². The monoisotopic (exact) mass is 385 g/mol. The first kappa shape index (κ1) is 19.3. The maximum Gasteiger partial charge on any atom is 0.255 e. The van der Waals surface area contributed by atoms with E-state index in [1.807, 2.05) is 17.0 Å². The summed E-state index contributed by atoms with van der Waals surface area (Å²) in [6, 6.07) is 16.7. The highest BCUT2D eigenvalue weighted by atomic mass is 16.2. The summed E-state index contributed by atoms with van der Waals surface area (Å²) in [7, 11) is 0. The maximum absolute atomic E-state index is 12.8. The van der Waals surface area contributed by atoms with Crippen LogP contribution in [-0.4, -0.2) is 33.9 Å². The van der Waals surface area contributed by atoms with Crippen LogP contribution in [0.5, 0.6) is 0 Å². The van der Waals surface area contributed by atoms with E-state index in [2.05, 4.69) is 55.2 Å². The van der Waals surface area contributed by atoms with Gasteiger partial charge in [0.15, 0.2) is 0 Å². The van der Waals surface area contributed by atoms with Gasteiger partial charge in [0.05, 0.1) is 5.56 Å². The summed E-state index contributed by atoms with van der Waals surface area (Å²) < 4.78 is 0. The second kappa shape index (κ2) is 8.56. The molecule has 29 heavy (non-hydrogen) atoms. The highest BCUT2D eigenvalue weighted by molar-refractivity contribution is 5.94. The molecule has 0 N–H and O–H groups in total. The lowest BCUT2D eigenvalue weighted by atomic mass is 9.92. The number of rotatable bonds is 4. The van der Waals surface area contributed by atoms with Crippen LogP contribution < -0.4 is 0 Å². The third kappa shape index (κ3) is 4.70. The van der Waals surface area contributed by atoms with E-state index in [-0.39, 0.29) is 11.8 Å². The number of hydrogen-bond acceptors (Lipinski definition) is 3. The molecule has 0 aliphatic carbocycles. The van der Waals surface area contributed by atoms with Gasteiger partial charge in [-0.05, 0) is 68.5 Å². The fraction of sp³-hybridized carbons (Fsp3) is 0.320. The minimum absolute atomic E-state index is 0.0652. The van der Waals surface area contributed by atoms with Gasteiger partial charge in [0.2, 0.25) is 0 Å². The number of benzene rings is 1. The number of hydrogen-bond donors (Lipinski definition) is 0. The van der Waals surface area contributed by atoms with Crippen molar-refractivity contribution < 1.29 is 4.79 Å². The van der Waals surface area contributed by atoms with E-state index in [1.165, 1.54) is 16.7 Å². The molecule has 3 heterocycles. The molecule has 148 valence electrons. The molecule has 4 nitrogen and oxygen atoms in total. The van der Waals surface area contributed by atoms with E-state index in [4.69, 9.17) is 4.98 Å². The second-order valence-corrected chi connectivity index (χ2v) is 8.04. The zero-order valence-corrected chi connectivity index (χ0v) is 17.1. The van der Waals surface area contributed by atoms with Gasteiger partial charge >= 0.3 is 0 Å². The van der Waals surface area contributed by atoms with Crippen LogP contribution in [0, 0.1) is 13.8 Å². The van der Waals surface area contributed by atoms with Crippen LogP contribution in [0.3, 0.4) is 0 Å². The molecule has 4 heteroatoms. The Labute approximate surface area is 172 Å². The van der Waals surface area contributed by atoms with Gasteiger partial charge in [-0.1, -0.05) is 29.8 Å². The van der Waals surface area contributed by atoms with Crippen LogP contribution in [-0.2, 0) is 6.42 Å². The lowest BCUT2D eigenvalue weighted by Crippen LogP contribution is -2.39. The van der Waals surface area contributed by atoms with Crippen molar-refractivity contribution in [3.05, 3.63) is 94.6 Å². The molecule has 1 aliphatic rings. The smallest absolute Gasteiger partial charge is 0.255 e. The number of likely N-dealkylation sites (tertiary alicyclic amines) is 1. The van der Waals surface area contributed by atoms with Crippen molar-refractivity contribution in [3.63, 3.8) is 0 Å². The van der Waals surface area contributed by atoms with Crippen LogP contribution in [0.15, 0.2) is 60.9 Å². The van der Waals surface area contributed by atoms with Crippen molar-refractivity contribution >= 4 is 5.91 Å². The van der Waals surface area contributed by atoms with E-state index in [1.54, 1.807) is 12.4 Å². The summed E-state index contributed by atoms with van der Waals surface area (Å²) in [5.41, 5.74) is 6.69. The van der Waals surface area contributed by atoms with Crippen LogP contribution >= 0.6 is 0 Å². The first-order chi connectivity index (χ1) is 14.1. The molecule has 3 aromatic rings. The molecule has 0 spiro atoms. The number of piperidine rings is 1. The number of aryl methyl sites for hydroxylation is 2. The Hall–Kier alpha value is -3.01. The first-order valence-electron chi connectivity index (χ1n) is 10.3. The van der Waals surface area contributed by atoms with Gasteiger partial charge in [-0.25, -0.2) is 0 Å². The lowest BCUT2D eigenvalue weighted by Gasteiger charge is -2.32. The molecule has 4 rings (SSSR count). The Kier molecular flexibility index (Phi) is 5.70. The fourth-order valence-corrected chi connectivity index (χ4v) is 4.21. The molecular weight excluding hydrogens is 358 g/mol. The molecule has 1 fully saturated rings. The maximum atomic E-state index is 12.8. The number of carbonyl (C=O) groups is 1. The molecule has 1 saturated heterocycles. The summed E-state index contributed by atoms with van der Waals surface area (Å²) in [6.07, 6.45) is 6.32. The summed E-state index contributed by atoms with van der Waals surface area (Å²) in [5, 5.41) is 0. The van der Waals surface area contributed by atoms with E-state index in [0.29, 0.717) is 12.1 Å². The summed E-state index contributed by atoms with van der Waals surface area (Å²) in [5.74, 6) is 0.343. The molecule has 1 aromatic carbocycles. The Morgan fingerprint density at radius 2 is 2.00 bits per heavy atom. The van der Waals surface area contributed by atoms with Crippen LogP contribution in [0.1, 0.15) is 57.2 Å². The minimum Gasteiger partial charge on any atom is -0.338 e. The number of carbonyl (C=O) groups excluding carboxylic acids is 1. The van der Waals surface area contributed by atoms with Crippen LogP contribution in [0.25, 0.3) is 0 Å². The Bertz CT molecular complexity index is 1000. The van der Waals surface area contributed by atoms with Crippen molar-refractivity contribution in [2.45, 2.75) is 39.0 Å². The molecule has 1 aliphatic heterocycles. The topological polar surface area (TPSA) is 46.1 Å². The zero-order valence-electron chi connectivity index (χ0n) is 17.1. The van der Waals surface area contributed by atoms with E-state index < -0.39 is 0 Å². The molecule has 0 bridgehead atoms. The third-order valence-corrected chi connectivity index (χ3v) is 5.56. The Morgan fingerprint density at radius 1 is 1.10 bits per heavy atom. The van der Waals surface area contributed by atoms with Gasteiger partial charge in [-0.2, -0.15) is 0 Å². The normalized spacial score (nSPS) is 16.6. The molecular formula is C25H27N3O. The van der Waals surface area contributed by atoms with Crippen LogP contribution in [0.4, 0.5) is 0 Å². The summed E-state index contributed by atoms with van der Waals surface area (Å²) in [4.78, 5) is 23.7. The average molecular weight is 386 g/mol. The molecule has 0 radical (unpaired) electrons. The number of nitrogens with zero attached hydrogens (tertiary/aromatic N) is 3. The van der Waals surface area contributed by atoms with Gasteiger partial charge in [0.1, 0.15) is 0 Å². The number of pyridine rings is 2. The second-order valence-electron chi connectivity index (χ2n) is 8.04.